The molecule has 0 bridgehead atoms. The van der Waals surface area contributed by atoms with Crippen LogP contribution in [0.15, 0.2) is 94.1 Å². The van der Waals surface area contributed by atoms with Gasteiger partial charge in [-0.3, -0.25) is 4.79 Å². The summed E-state index contributed by atoms with van der Waals surface area (Å²) in [6.07, 6.45) is 0. The van der Waals surface area contributed by atoms with Crippen molar-refractivity contribution in [2.24, 2.45) is 0 Å². The average molecular weight is 385 g/mol. The van der Waals surface area contributed by atoms with Crippen LogP contribution in [0, 0.1) is 0 Å². The molecular formula is C24H19NO4. The maximum atomic E-state index is 13.0. The molecular weight excluding hydrogens is 366 g/mol. The summed E-state index contributed by atoms with van der Waals surface area (Å²) in [5.74, 6) is 0.116. The van der Waals surface area contributed by atoms with Gasteiger partial charge in [0.2, 0.25) is 0 Å². The molecule has 0 atom stereocenters. The molecule has 1 heterocycles. The Hall–Kier alpha value is -3.86. The van der Waals surface area contributed by atoms with E-state index in [0.717, 1.165) is 11.1 Å². The van der Waals surface area contributed by atoms with E-state index < -0.39 is 17.6 Å². The molecule has 0 unspecified atom stereocenters. The predicted molar refractivity (Wildman–Crippen MR) is 111 cm³/mol. The van der Waals surface area contributed by atoms with Crippen molar-refractivity contribution in [2.75, 3.05) is 7.11 Å². The van der Waals surface area contributed by atoms with E-state index in [1.807, 2.05) is 60.7 Å². The zero-order chi connectivity index (χ0) is 20.2. The molecule has 0 saturated heterocycles. The van der Waals surface area contributed by atoms with Crippen molar-refractivity contribution < 1.29 is 13.9 Å². The van der Waals surface area contributed by atoms with Crippen molar-refractivity contribution in [3.63, 3.8) is 0 Å². The molecule has 29 heavy (non-hydrogen) atoms. The first kappa shape index (κ1) is 18.5. The van der Waals surface area contributed by atoms with Gasteiger partial charge in [-0.25, -0.2) is 4.79 Å². The summed E-state index contributed by atoms with van der Waals surface area (Å²) in [5.41, 5.74) is 1.50. The molecule has 144 valence electrons. The van der Waals surface area contributed by atoms with Gasteiger partial charge < -0.3 is 14.5 Å². The minimum atomic E-state index is -0.681. The maximum Gasteiger partial charge on any atom is 0.349 e. The smallest absolute Gasteiger partial charge is 0.349 e. The fourth-order valence-corrected chi connectivity index (χ4v) is 3.25. The second-order valence-electron chi connectivity index (χ2n) is 6.58. The molecule has 3 aromatic carbocycles. The van der Waals surface area contributed by atoms with Crippen molar-refractivity contribution in [3.05, 3.63) is 112 Å². The van der Waals surface area contributed by atoms with Gasteiger partial charge in [-0.1, -0.05) is 60.7 Å². The molecule has 0 radical (unpaired) electrons. The Morgan fingerprint density at radius 3 is 2.10 bits per heavy atom. The molecule has 4 aromatic rings. The summed E-state index contributed by atoms with van der Waals surface area (Å²) in [4.78, 5) is 25.4. The largest absolute Gasteiger partial charge is 0.497 e. The molecule has 1 aromatic heterocycles. The molecule has 0 spiro atoms. The van der Waals surface area contributed by atoms with Crippen LogP contribution < -0.4 is 15.7 Å². The SMILES string of the molecule is COc1ccc2oc(=O)c(C(=O)NC(c3ccccc3)c3ccccc3)cc2c1. The van der Waals surface area contributed by atoms with Gasteiger partial charge >= 0.3 is 5.63 Å². The fourth-order valence-electron chi connectivity index (χ4n) is 3.25. The summed E-state index contributed by atoms with van der Waals surface area (Å²) in [5, 5.41) is 3.59. The third-order valence-electron chi connectivity index (χ3n) is 4.73. The van der Waals surface area contributed by atoms with E-state index in [4.69, 9.17) is 9.15 Å². The highest BCUT2D eigenvalue weighted by Gasteiger charge is 2.20. The summed E-state index contributed by atoms with van der Waals surface area (Å²) in [7, 11) is 1.55. The zero-order valence-corrected chi connectivity index (χ0v) is 15.8. The second kappa shape index (κ2) is 8.02. The van der Waals surface area contributed by atoms with E-state index in [9.17, 15) is 9.59 Å². The van der Waals surface area contributed by atoms with E-state index in [1.54, 1.807) is 25.3 Å². The lowest BCUT2D eigenvalue weighted by Crippen LogP contribution is -2.32. The Kier molecular flexibility index (Phi) is 5.12. The van der Waals surface area contributed by atoms with Gasteiger partial charge in [-0.2, -0.15) is 0 Å². The molecule has 0 aliphatic carbocycles. The monoisotopic (exact) mass is 385 g/mol. The highest BCUT2D eigenvalue weighted by atomic mass is 16.5. The molecule has 0 saturated carbocycles. The van der Waals surface area contributed by atoms with Crippen molar-refractivity contribution >= 4 is 16.9 Å². The summed E-state index contributed by atoms with van der Waals surface area (Å²) in [6, 6.07) is 25.4. The van der Waals surface area contributed by atoms with Gasteiger partial charge in [0.15, 0.2) is 0 Å². The minimum absolute atomic E-state index is 0.0531. The van der Waals surface area contributed by atoms with Crippen LogP contribution in [-0.2, 0) is 0 Å². The van der Waals surface area contributed by atoms with Gasteiger partial charge in [0, 0.05) is 5.39 Å². The number of rotatable bonds is 5. The Balaban J connectivity index is 1.72. The van der Waals surface area contributed by atoms with Gasteiger partial charge in [0.05, 0.1) is 13.2 Å². The Morgan fingerprint density at radius 2 is 1.52 bits per heavy atom. The third kappa shape index (κ3) is 3.89. The highest BCUT2D eigenvalue weighted by Crippen LogP contribution is 2.23. The first-order valence-corrected chi connectivity index (χ1v) is 9.18. The van der Waals surface area contributed by atoms with E-state index in [2.05, 4.69) is 5.32 Å². The van der Waals surface area contributed by atoms with Crippen LogP contribution in [-0.4, -0.2) is 13.0 Å². The van der Waals surface area contributed by atoms with E-state index in [-0.39, 0.29) is 5.56 Å². The molecule has 5 nitrogen and oxygen atoms in total. The number of hydrogen-bond acceptors (Lipinski definition) is 4. The second-order valence-corrected chi connectivity index (χ2v) is 6.58. The number of benzene rings is 3. The van der Waals surface area contributed by atoms with Gasteiger partial charge in [0.25, 0.3) is 5.91 Å². The number of carbonyl (C=O) groups is 1. The summed E-state index contributed by atoms with van der Waals surface area (Å²) in [6.45, 7) is 0. The molecule has 0 fully saturated rings. The normalized spacial score (nSPS) is 10.8. The van der Waals surface area contributed by atoms with Gasteiger partial charge in [-0.05, 0) is 35.4 Å². The number of nitrogens with one attached hydrogen (secondary N) is 1. The molecule has 4 rings (SSSR count). The van der Waals surface area contributed by atoms with Crippen molar-refractivity contribution in [1.29, 1.82) is 0 Å². The summed E-state index contributed by atoms with van der Waals surface area (Å²) >= 11 is 0. The lowest BCUT2D eigenvalue weighted by atomic mass is 9.98. The predicted octanol–water partition coefficient (Wildman–Crippen LogP) is 4.32. The number of carbonyl (C=O) groups excluding carboxylic acids is 1. The maximum absolute atomic E-state index is 13.0. The lowest BCUT2D eigenvalue weighted by molar-refractivity contribution is 0.0939. The topological polar surface area (TPSA) is 68.5 Å². The fraction of sp³-hybridized carbons (Fsp3) is 0.0833. The summed E-state index contributed by atoms with van der Waals surface area (Å²) < 4.78 is 10.5. The quantitative estimate of drug-likeness (QED) is 0.520. The van der Waals surface area contributed by atoms with E-state index >= 15 is 0 Å². The molecule has 0 aliphatic rings. The first-order valence-electron chi connectivity index (χ1n) is 9.18. The van der Waals surface area contributed by atoms with Crippen LogP contribution in [0.1, 0.15) is 27.5 Å². The Bertz CT molecular complexity index is 1160. The van der Waals surface area contributed by atoms with Crippen LogP contribution in [0.2, 0.25) is 0 Å². The first-order chi connectivity index (χ1) is 14.2. The van der Waals surface area contributed by atoms with Crippen LogP contribution in [0.4, 0.5) is 0 Å². The minimum Gasteiger partial charge on any atom is -0.497 e. The van der Waals surface area contributed by atoms with E-state index in [0.29, 0.717) is 16.7 Å². The lowest BCUT2D eigenvalue weighted by Gasteiger charge is -2.19. The van der Waals surface area contributed by atoms with Crippen LogP contribution in [0.25, 0.3) is 11.0 Å². The van der Waals surface area contributed by atoms with E-state index in [1.165, 1.54) is 6.07 Å². The van der Waals surface area contributed by atoms with Crippen molar-refractivity contribution in [3.8, 4) is 5.75 Å². The van der Waals surface area contributed by atoms with Crippen molar-refractivity contribution in [1.82, 2.24) is 5.32 Å². The van der Waals surface area contributed by atoms with Crippen LogP contribution in [0.3, 0.4) is 0 Å². The third-order valence-corrected chi connectivity index (χ3v) is 4.73. The molecule has 0 aliphatic heterocycles. The molecule has 1 N–H and O–H groups in total. The molecule has 1 amide bonds. The number of methoxy groups -OCH3 is 1. The van der Waals surface area contributed by atoms with Crippen LogP contribution >= 0.6 is 0 Å². The van der Waals surface area contributed by atoms with Crippen molar-refractivity contribution in [2.45, 2.75) is 6.04 Å². The standard InChI is InChI=1S/C24H19NO4/c1-28-19-12-13-21-18(14-19)15-20(24(27)29-21)23(26)25-22(16-8-4-2-5-9-16)17-10-6-3-7-11-17/h2-15,22H,1H3,(H,25,26). The Labute approximate surface area is 167 Å². The van der Waals surface area contributed by atoms with Gasteiger partial charge in [-0.15, -0.1) is 0 Å². The Morgan fingerprint density at radius 1 is 0.897 bits per heavy atom. The average Bonchev–Trinajstić information content (AvgIpc) is 2.77. The highest BCUT2D eigenvalue weighted by molar-refractivity contribution is 5.97. The number of amides is 1. The van der Waals surface area contributed by atoms with Crippen LogP contribution in [0.5, 0.6) is 5.75 Å². The number of fused-ring (bicyclic) bond motifs is 1. The zero-order valence-electron chi connectivity index (χ0n) is 15.8. The van der Waals surface area contributed by atoms with Gasteiger partial charge in [0.1, 0.15) is 16.9 Å². The number of hydrogen-bond donors (Lipinski definition) is 1. The number of ether oxygens (including phenoxy) is 1. The molecule has 5 heteroatoms.